The molecule has 0 bridgehead atoms. The predicted molar refractivity (Wildman–Crippen MR) is 66.9 cm³/mol. The van der Waals surface area contributed by atoms with Crippen LogP contribution < -0.4 is 0 Å². The third-order valence-corrected chi connectivity index (χ3v) is 3.18. The maximum absolute atomic E-state index is 13.1. The molecular weight excluding hydrogens is 239 g/mol. The molecule has 0 saturated carbocycles. The van der Waals surface area contributed by atoms with Crippen molar-refractivity contribution in [3.8, 4) is 0 Å². The van der Waals surface area contributed by atoms with Gasteiger partial charge in [-0.1, -0.05) is 30.7 Å². The minimum atomic E-state index is -0.238. The zero-order valence-corrected chi connectivity index (χ0v) is 10.6. The van der Waals surface area contributed by atoms with E-state index in [0.717, 1.165) is 23.2 Å². The van der Waals surface area contributed by atoms with Gasteiger partial charge in [0.1, 0.15) is 11.0 Å². The van der Waals surface area contributed by atoms with Gasteiger partial charge in [-0.15, -0.1) is 0 Å². The van der Waals surface area contributed by atoms with E-state index in [0.29, 0.717) is 11.7 Å². The molecule has 4 heteroatoms. The number of halogens is 2. The Kier molecular flexibility index (Phi) is 3.48. The lowest BCUT2D eigenvalue weighted by molar-refractivity contribution is 0.618. The number of aromatic nitrogens is 2. The van der Waals surface area contributed by atoms with Crippen LogP contribution in [0.15, 0.2) is 24.3 Å². The van der Waals surface area contributed by atoms with Crippen molar-refractivity contribution >= 4 is 11.6 Å². The highest BCUT2D eigenvalue weighted by molar-refractivity contribution is 6.30. The molecule has 0 spiro atoms. The van der Waals surface area contributed by atoms with Crippen LogP contribution in [0, 0.1) is 12.7 Å². The molecule has 2 nitrogen and oxygen atoms in total. The van der Waals surface area contributed by atoms with E-state index in [4.69, 9.17) is 11.6 Å². The van der Waals surface area contributed by atoms with Crippen LogP contribution in [0.3, 0.4) is 0 Å². The molecule has 17 heavy (non-hydrogen) atoms. The summed E-state index contributed by atoms with van der Waals surface area (Å²) in [5.41, 5.74) is 2.86. The quantitative estimate of drug-likeness (QED) is 0.816. The lowest BCUT2D eigenvalue weighted by Crippen LogP contribution is -2.02. The molecule has 0 amide bonds. The van der Waals surface area contributed by atoms with E-state index in [1.54, 1.807) is 10.7 Å². The van der Waals surface area contributed by atoms with Crippen molar-refractivity contribution in [1.82, 2.24) is 9.78 Å². The van der Waals surface area contributed by atoms with Crippen LogP contribution in [-0.2, 0) is 13.0 Å². The second-order valence-electron chi connectivity index (χ2n) is 4.00. The highest BCUT2D eigenvalue weighted by atomic mass is 35.5. The van der Waals surface area contributed by atoms with Gasteiger partial charge in [0.25, 0.3) is 0 Å². The van der Waals surface area contributed by atoms with Crippen molar-refractivity contribution in [3.63, 3.8) is 0 Å². The average Bonchev–Trinajstić information content (AvgIpc) is 2.54. The fourth-order valence-electron chi connectivity index (χ4n) is 1.91. The molecule has 0 aliphatic carbocycles. The van der Waals surface area contributed by atoms with E-state index in [9.17, 15) is 4.39 Å². The molecule has 0 aliphatic rings. The number of rotatable bonds is 3. The third kappa shape index (κ3) is 2.50. The minimum Gasteiger partial charge on any atom is -0.249 e. The molecule has 0 unspecified atom stereocenters. The Balaban J connectivity index is 2.30. The molecule has 2 rings (SSSR count). The van der Waals surface area contributed by atoms with Crippen molar-refractivity contribution in [2.75, 3.05) is 0 Å². The molecule has 1 aromatic heterocycles. The molecule has 0 radical (unpaired) electrons. The monoisotopic (exact) mass is 252 g/mol. The van der Waals surface area contributed by atoms with E-state index in [-0.39, 0.29) is 5.82 Å². The van der Waals surface area contributed by atoms with E-state index in [2.05, 4.69) is 5.10 Å². The van der Waals surface area contributed by atoms with Crippen LogP contribution in [0.4, 0.5) is 4.39 Å². The summed E-state index contributed by atoms with van der Waals surface area (Å²) in [5, 5.41) is 5.02. The molecule has 0 fully saturated rings. The Bertz CT molecular complexity index is 534. The normalized spacial score (nSPS) is 10.8. The van der Waals surface area contributed by atoms with Gasteiger partial charge < -0.3 is 0 Å². The Hall–Kier alpha value is -1.35. The molecule has 0 saturated heterocycles. The topological polar surface area (TPSA) is 17.8 Å². The Morgan fingerprint density at radius 1 is 1.41 bits per heavy atom. The van der Waals surface area contributed by atoms with E-state index >= 15 is 0 Å². The molecule has 0 N–H and O–H groups in total. The largest absolute Gasteiger partial charge is 0.249 e. The van der Waals surface area contributed by atoms with Crippen LogP contribution in [0.2, 0.25) is 5.15 Å². The summed E-state index contributed by atoms with van der Waals surface area (Å²) in [4.78, 5) is 0. The molecule has 2 aromatic rings. The first kappa shape index (κ1) is 12.1. The number of hydrogen-bond donors (Lipinski definition) is 0. The van der Waals surface area contributed by atoms with Crippen LogP contribution in [0.25, 0.3) is 0 Å². The van der Waals surface area contributed by atoms with Crippen molar-refractivity contribution in [2.24, 2.45) is 0 Å². The van der Waals surface area contributed by atoms with E-state index in [1.165, 1.54) is 12.1 Å². The SMILES string of the molecule is CCc1c(C)nn(Cc2cccc(F)c2)c1Cl. The Morgan fingerprint density at radius 3 is 2.76 bits per heavy atom. The van der Waals surface area contributed by atoms with Crippen LogP contribution in [-0.4, -0.2) is 9.78 Å². The molecule has 1 aromatic carbocycles. The van der Waals surface area contributed by atoms with Gasteiger partial charge in [0.15, 0.2) is 0 Å². The number of nitrogens with zero attached hydrogens (tertiary/aromatic N) is 2. The first-order valence-corrected chi connectivity index (χ1v) is 5.95. The first-order chi connectivity index (χ1) is 8.11. The van der Waals surface area contributed by atoms with Gasteiger partial charge in [0.2, 0.25) is 0 Å². The van der Waals surface area contributed by atoms with Crippen LogP contribution in [0.1, 0.15) is 23.7 Å². The van der Waals surface area contributed by atoms with Gasteiger partial charge in [0.05, 0.1) is 12.2 Å². The number of hydrogen-bond acceptors (Lipinski definition) is 1. The van der Waals surface area contributed by atoms with Gasteiger partial charge in [-0.05, 0) is 31.0 Å². The van der Waals surface area contributed by atoms with Gasteiger partial charge in [-0.25, -0.2) is 9.07 Å². The standard InChI is InChI=1S/C13H14ClFN2/c1-3-12-9(2)16-17(13(12)14)8-10-5-4-6-11(15)7-10/h4-7H,3,8H2,1-2H3. The number of benzene rings is 1. The third-order valence-electron chi connectivity index (χ3n) is 2.76. The summed E-state index contributed by atoms with van der Waals surface area (Å²) >= 11 is 6.23. The molecular formula is C13H14ClFN2. The summed E-state index contributed by atoms with van der Waals surface area (Å²) < 4.78 is 14.8. The maximum atomic E-state index is 13.1. The Morgan fingerprint density at radius 2 is 2.18 bits per heavy atom. The Labute approximate surface area is 105 Å². The zero-order chi connectivity index (χ0) is 12.4. The first-order valence-electron chi connectivity index (χ1n) is 5.58. The fourth-order valence-corrected chi connectivity index (χ4v) is 2.27. The van der Waals surface area contributed by atoms with Crippen molar-refractivity contribution < 1.29 is 4.39 Å². The number of aryl methyl sites for hydroxylation is 1. The predicted octanol–water partition coefficient (Wildman–Crippen LogP) is 3.59. The summed E-state index contributed by atoms with van der Waals surface area (Å²) in [7, 11) is 0. The van der Waals surface area contributed by atoms with Gasteiger partial charge >= 0.3 is 0 Å². The second-order valence-corrected chi connectivity index (χ2v) is 4.35. The van der Waals surface area contributed by atoms with E-state index < -0.39 is 0 Å². The van der Waals surface area contributed by atoms with Gasteiger partial charge in [0, 0.05) is 5.56 Å². The van der Waals surface area contributed by atoms with Crippen LogP contribution >= 0.6 is 11.6 Å². The average molecular weight is 253 g/mol. The molecule has 0 atom stereocenters. The zero-order valence-electron chi connectivity index (χ0n) is 9.87. The smallest absolute Gasteiger partial charge is 0.130 e. The maximum Gasteiger partial charge on any atom is 0.130 e. The molecule has 1 heterocycles. The fraction of sp³-hybridized carbons (Fsp3) is 0.308. The van der Waals surface area contributed by atoms with E-state index in [1.807, 2.05) is 19.9 Å². The van der Waals surface area contributed by atoms with Crippen molar-refractivity contribution in [3.05, 3.63) is 52.1 Å². The van der Waals surface area contributed by atoms with Gasteiger partial charge in [-0.3, -0.25) is 0 Å². The molecule has 90 valence electrons. The highest BCUT2D eigenvalue weighted by Crippen LogP contribution is 2.21. The summed E-state index contributed by atoms with van der Waals surface area (Å²) in [6, 6.07) is 6.48. The van der Waals surface area contributed by atoms with Crippen molar-refractivity contribution in [2.45, 2.75) is 26.8 Å². The van der Waals surface area contributed by atoms with Gasteiger partial charge in [-0.2, -0.15) is 5.10 Å². The summed E-state index contributed by atoms with van der Waals surface area (Å²) in [6.07, 6.45) is 0.855. The summed E-state index contributed by atoms with van der Waals surface area (Å²) in [6.45, 7) is 4.48. The minimum absolute atomic E-state index is 0.238. The van der Waals surface area contributed by atoms with Crippen LogP contribution in [0.5, 0.6) is 0 Å². The van der Waals surface area contributed by atoms with Crippen molar-refractivity contribution in [1.29, 1.82) is 0 Å². The lowest BCUT2D eigenvalue weighted by atomic mass is 10.2. The molecule has 0 aliphatic heterocycles. The second kappa shape index (κ2) is 4.88. The summed E-state index contributed by atoms with van der Waals surface area (Å²) in [5.74, 6) is -0.238. The lowest BCUT2D eigenvalue weighted by Gasteiger charge is -2.04. The highest BCUT2D eigenvalue weighted by Gasteiger charge is 2.11.